The van der Waals surface area contributed by atoms with E-state index >= 15 is 0 Å². The number of rotatable bonds is 27. The lowest BCUT2D eigenvalue weighted by Crippen LogP contribution is -1.96. The molecular weight excluding hydrogens is 664 g/mol. The Morgan fingerprint density at radius 2 is 0.725 bits per heavy atom. The third-order valence-electron chi connectivity index (χ3n) is 7.56. The fourth-order valence-electron chi connectivity index (χ4n) is 5.04. The molecule has 2 aromatic heterocycles. The van der Waals surface area contributed by atoms with Crippen molar-refractivity contribution < 1.29 is 9.47 Å². The molecule has 40 heavy (non-hydrogen) atoms. The summed E-state index contributed by atoms with van der Waals surface area (Å²) in [5.74, 6) is 1.94. The minimum absolute atomic E-state index is 0.799. The number of thiophene rings is 2. The standard InChI is InChI=1S/C34H56Br2O2S2/c1-3-5-7-9-11-13-15-17-19-21-23-25-37-29-27-31(39-33(29)35)32-28-30(34(36)40-32)38-26-24-22-20-18-16-14-12-10-8-6-4-2/h27-28H,3-26H2,1-2H3. The van der Waals surface area contributed by atoms with Crippen molar-refractivity contribution in [2.75, 3.05) is 13.2 Å². The summed E-state index contributed by atoms with van der Waals surface area (Å²) >= 11 is 10.9. The normalized spacial score (nSPS) is 11.4. The van der Waals surface area contributed by atoms with E-state index in [9.17, 15) is 0 Å². The van der Waals surface area contributed by atoms with Gasteiger partial charge in [0, 0.05) is 21.9 Å². The Morgan fingerprint density at radius 3 is 1.02 bits per heavy atom. The van der Waals surface area contributed by atoms with Gasteiger partial charge < -0.3 is 9.47 Å². The second-order valence-electron chi connectivity index (χ2n) is 11.3. The molecule has 0 spiro atoms. The van der Waals surface area contributed by atoms with Crippen molar-refractivity contribution in [1.29, 1.82) is 0 Å². The highest BCUT2D eigenvalue weighted by Crippen LogP contribution is 2.46. The summed E-state index contributed by atoms with van der Waals surface area (Å²) in [4.78, 5) is 2.46. The van der Waals surface area contributed by atoms with Gasteiger partial charge in [-0.15, -0.1) is 22.7 Å². The molecular formula is C34H56Br2O2S2. The van der Waals surface area contributed by atoms with Crippen LogP contribution in [0.5, 0.6) is 11.5 Å². The highest BCUT2D eigenvalue weighted by molar-refractivity contribution is 9.11. The van der Waals surface area contributed by atoms with Crippen LogP contribution in [0.1, 0.15) is 155 Å². The molecule has 0 aliphatic rings. The predicted octanol–water partition coefficient (Wildman–Crippen LogP) is 14.4. The van der Waals surface area contributed by atoms with Crippen molar-refractivity contribution in [2.24, 2.45) is 0 Å². The molecule has 2 heterocycles. The van der Waals surface area contributed by atoms with Gasteiger partial charge in [0.1, 0.15) is 19.1 Å². The summed E-state index contributed by atoms with van der Waals surface area (Å²) in [6.45, 7) is 6.17. The minimum atomic E-state index is 0.799. The average Bonchev–Trinajstić information content (AvgIpc) is 3.51. The Morgan fingerprint density at radius 1 is 0.450 bits per heavy atom. The molecule has 0 radical (unpaired) electrons. The van der Waals surface area contributed by atoms with E-state index in [2.05, 4.69) is 57.8 Å². The van der Waals surface area contributed by atoms with Crippen molar-refractivity contribution in [3.05, 3.63) is 19.7 Å². The van der Waals surface area contributed by atoms with Gasteiger partial charge >= 0.3 is 0 Å². The molecule has 6 heteroatoms. The van der Waals surface area contributed by atoms with E-state index in [0.29, 0.717) is 0 Å². The lowest BCUT2D eigenvalue weighted by atomic mass is 10.1. The number of halogens is 2. The molecule has 0 saturated heterocycles. The smallest absolute Gasteiger partial charge is 0.144 e. The van der Waals surface area contributed by atoms with Crippen molar-refractivity contribution in [1.82, 2.24) is 0 Å². The lowest BCUT2D eigenvalue weighted by molar-refractivity contribution is 0.303. The van der Waals surface area contributed by atoms with E-state index in [1.165, 1.54) is 138 Å². The molecule has 0 aromatic carbocycles. The zero-order chi connectivity index (χ0) is 28.7. The Bertz CT molecular complexity index is 794. The maximum absolute atomic E-state index is 6.13. The molecule has 230 valence electrons. The number of ether oxygens (including phenoxy) is 2. The zero-order valence-electron chi connectivity index (χ0n) is 25.5. The van der Waals surface area contributed by atoms with Gasteiger partial charge in [0.2, 0.25) is 0 Å². The SMILES string of the molecule is CCCCCCCCCCCCCOc1cc(-c2cc(OCCCCCCCCCCCCC)c(Br)s2)sc1Br. The lowest BCUT2D eigenvalue weighted by Gasteiger charge is -2.05. The number of unbranched alkanes of at least 4 members (excludes halogenated alkanes) is 20. The topological polar surface area (TPSA) is 18.5 Å². The van der Waals surface area contributed by atoms with Crippen LogP contribution in [0.3, 0.4) is 0 Å². The molecule has 2 rings (SSSR count). The van der Waals surface area contributed by atoms with E-state index in [-0.39, 0.29) is 0 Å². The van der Waals surface area contributed by atoms with Gasteiger partial charge in [0.15, 0.2) is 0 Å². The summed E-state index contributed by atoms with van der Waals surface area (Å²) in [7, 11) is 0. The monoisotopic (exact) mass is 718 g/mol. The van der Waals surface area contributed by atoms with Gasteiger partial charge in [-0.2, -0.15) is 0 Å². The molecule has 0 N–H and O–H groups in total. The van der Waals surface area contributed by atoms with Crippen molar-refractivity contribution in [3.63, 3.8) is 0 Å². The fourth-order valence-corrected chi connectivity index (χ4v) is 8.27. The molecule has 0 aliphatic heterocycles. The second kappa shape index (κ2) is 24.4. The van der Waals surface area contributed by atoms with Crippen LogP contribution in [0.15, 0.2) is 19.7 Å². The summed E-state index contributed by atoms with van der Waals surface area (Å²) in [6.07, 6.45) is 29.9. The van der Waals surface area contributed by atoms with E-state index in [1.54, 1.807) is 22.7 Å². The largest absolute Gasteiger partial charge is 0.491 e. The van der Waals surface area contributed by atoms with Gasteiger partial charge in [-0.25, -0.2) is 0 Å². The Hall–Kier alpha value is -0.0400. The first-order valence-corrected chi connectivity index (χ1v) is 19.7. The van der Waals surface area contributed by atoms with Crippen LogP contribution in [-0.4, -0.2) is 13.2 Å². The van der Waals surface area contributed by atoms with Crippen molar-refractivity contribution >= 4 is 54.5 Å². The summed E-state index contributed by atoms with van der Waals surface area (Å²) < 4.78 is 14.4. The second-order valence-corrected chi connectivity index (χ2v) is 16.0. The van der Waals surface area contributed by atoms with E-state index in [0.717, 1.165) is 45.1 Å². The van der Waals surface area contributed by atoms with Crippen LogP contribution in [0, 0.1) is 0 Å². The van der Waals surface area contributed by atoms with Crippen LogP contribution in [-0.2, 0) is 0 Å². The van der Waals surface area contributed by atoms with Crippen LogP contribution in [0.2, 0.25) is 0 Å². The van der Waals surface area contributed by atoms with Gasteiger partial charge in [0.05, 0.1) is 13.2 Å². The van der Waals surface area contributed by atoms with Crippen LogP contribution < -0.4 is 9.47 Å². The molecule has 0 bridgehead atoms. The fraction of sp³-hybridized carbons (Fsp3) is 0.765. The Balaban J connectivity index is 1.55. The average molecular weight is 721 g/mol. The summed E-state index contributed by atoms with van der Waals surface area (Å²) in [5, 5.41) is 0. The summed E-state index contributed by atoms with van der Waals surface area (Å²) in [6, 6.07) is 4.36. The van der Waals surface area contributed by atoms with Crippen LogP contribution in [0.4, 0.5) is 0 Å². The molecule has 0 aliphatic carbocycles. The Labute approximate surface area is 271 Å². The Kier molecular flexibility index (Phi) is 22.1. The molecule has 0 amide bonds. The van der Waals surface area contributed by atoms with Gasteiger partial charge in [-0.05, 0) is 44.7 Å². The van der Waals surface area contributed by atoms with Crippen LogP contribution in [0.25, 0.3) is 9.75 Å². The van der Waals surface area contributed by atoms with Crippen LogP contribution >= 0.6 is 54.5 Å². The number of hydrogen-bond donors (Lipinski definition) is 0. The first kappa shape index (κ1) is 36.2. The summed E-state index contributed by atoms with van der Waals surface area (Å²) in [5.41, 5.74) is 0. The highest BCUT2D eigenvalue weighted by Gasteiger charge is 2.15. The van der Waals surface area contributed by atoms with Crippen molar-refractivity contribution in [3.8, 4) is 21.3 Å². The number of hydrogen-bond acceptors (Lipinski definition) is 4. The predicted molar refractivity (Wildman–Crippen MR) is 187 cm³/mol. The molecule has 0 unspecified atom stereocenters. The van der Waals surface area contributed by atoms with Gasteiger partial charge in [0.25, 0.3) is 0 Å². The van der Waals surface area contributed by atoms with E-state index in [1.807, 2.05) is 0 Å². The van der Waals surface area contributed by atoms with E-state index in [4.69, 9.17) is 9.47 Å². The quantitative estimate of drug-likeness (QED) is 0.0856. The maximum Gasteiger partial charge on any atom is 0.144 e. The van der Waals surface area contributed by atoms with Crippen molar-refractivity contribution in [2.45, 2.75) is 155 Å². The van der Waals surface area contributed by atoms with Gasteiger partial charge in [-0.3, -0.25) is 0 Å². The zero-order valence-corrected chi connectivity index (χ0v) is 30.3. The molecule has 0 fully saturated rings. The van der Waals surface area contributed by atoms with E-state index < -0.39 is 0 Å². The minimum Gasteiger partial charge on any atom is -0.491 e. The molecule has 0 saturated carbocycles. The highest BCUT2D eigenvalue weighted by atomic mass is 79.9. The molecule has 0 atom stereocenters. The molecule has 2 aromatic rings. The van der Waals surface area contributed by atoms with Gasteiger partial charge in [-0.1, -0.05) is 142 Å². The first-order chi connectivity index (χ1) is 19.7. The third kappa shape index (κ3) is 16.6. The molecule has 2 nitrogen and oxygen atoms in total. The third-order valence-corrected chi connectivity index (χ3v) is 11.3. The maximum atomic E-state index is 6.13. The first-order valence-electron chi connectivity index (χ1n) is 16.5.